The van der Waals surface area contributed by atoms with Gasteiger partial charge in [0.25, 0.3) is 0 Å². The third-order valence-corrected chi connectivity index (χ3v) is 11.5. The van der Waals surface area contributed by atoms with E-state index in [1.807, 2.05) is 59.9 Å². The molecule has 0 aliphatic rings. The van der Waals surface area contributed by atoms with Crippen LogP contribution < -0.4 is 4.90 Å². The van der Waals surface area contributed by atoms with Crippen LogP contribution in [0.15, 0.2) is 191 Å². The zero-order valence-electron chi connectivity index (χ0n) is 28.9. The molecule has 0 spiro atoms. The van der Waals surface area contributed by atoms with Crippen LogP contribution in [-0.4, -0.2) is 4.98 Å². The highest BCUT2D eigenvalue weighted by molar-refractivity contribution is 7.26. The maximum Gasteiger partial charge on any atom is 0.227 e. The number of hydrogen-bond donors (Lipinski definition) is 0. The molecule has 0 radical (unpaired) electrons. The Labute approximate surface area is 314 Å². The molecule has 54 heavy (non-hydrogen) atoms. The van der Waals surface area contributed by atoms with Crippen LogP contribution >= 0.6 is 11.3 Å². The largest absolute Gasteiger partial charge is 0.455 e. The molecule has 0 N–H and O–H groups in total. The standard InChI is InChI=1S/C49H30N2O2S/c1-3-12-31(13-4-1)32-22-26-35(27-23-32)51(40-18-11-21-44-45(40)38-17-8-10-20-43(38)54-44)36-28-24-33(25-29-36)39-30-42-47(50-49(53-42)34-14-5-2-6-15-34)46-37-16-7-9-19-41(37)52-48(39)46/h1-30H. The van der Waals surface area contributed by atoms with E-state index in [1.165, 1.54) is 31.3 Å². The molecule has 0 aliphatic carbocycles. The minimum atomic E-state index is 0.591. The van der Waals surface area contributed by atoms with Crippen molar-refractivity contribution < 1.29 is 8.83 Å². The van der Waals surface area contributed by atoms with E-state index < -0.39 is 0 Å². The highest BCUT2D eigenvalue weighted by atomic mass is 32.1. The molecule has 11 rings (SSSR count). The molecule has 0 aliphatic heterocycles. The number of fused-ring (bicyclic) bond motifs is 8. The Balaban J connectivity index is 1.09. The van der Waals surface area contributed by atoms with Gasteiger partial charge in [0.05, 0.1) is 11.1 Å². The molecule has 0 saturated heterocycles. The number of oxazole rings is 1. The number of furan rings is 1. The van der Waals surface area contributed by atoms with Crippen molar-refractivity contribution in [1.29, 1.82) is 0 Å². The van der Waals surface area contributed by atoms with Crippen molar-refractivity contribution in [2.75, 3.05) is 4.90 Å². The summed E-state index contributed by atoms with van der Waals surface area (Å²) in [5.74, 6) is 0.591. The van der Waals surface area contributed by atoms with Crippen molar-refractivity contribution in [3.05, 3.63) is 182 Å². The Hall–Kier alpha value is -6.95. The average Bonchev–Trinajstić information content (AvgIpc) is 3.96. The molecule has 0 saturated carbocycles. The fraction of sp³-hybridized carbons (Fsp3) is 0. The predicted molar refractivity (Wildman–Crippen MR) is 225 cm³/mol. The zero-order chi connectivity index (χ0) is 35.6. The van der Waals surface area contributed by atoms with Crippen LogP contribution in [0.2, 0.25) is 0 Å². The molecular formula is C49H30N2O2S. The Morgan fingerprint density at radius 2 is 1.06 bits per heavy atom. The number of nitrogens with zero attached hydrogens (tertiary/aromatic N) is 2. The van der Waals surface area contributed by atoms with Crippen LogP contribution in [0.3, 0.4) is 0 Å². The van der Waals surface area contributed by atoms with E-state index in [0.29, 0.717) is 5.89 Å². The third-order valence-electron chi connectivity index (χ3n) is 10.3. The summed E-state index contributed by atoms with van der Waals surface area (Å²) >= 11 is 1.84. The average molecular weight is 711 g/mol. The molecular weight excluding hydrogens is 681 g/mol. The van der Waals surface area contributed by atoms with Crippen LogP contribution in [-0.2, 0) is 0 Å². The minimum absolute atomic E-state index is 0.591. The van der Waals surface area contributed by atoms with E-state index >= 15 is 0 Å². The Morgan fingerprint density at radius 1 is 0.444 bits per heavy atom. The summed E-state index contributed by atoms with van der Waals surface area (Å²) in [4.78, 5) is 7.39. The first-order chi connectivity index (χ1) is 26.8. The summed E-state index contributed by atoms with van der Waals surface area (Å²) in [7, 11) is 0. The lowest BCUT2D eigenvalue weighted by Gasteiger charge is -2.27. The lowest BCUT2D eigenvalue weighted by atomic mass is 10.00. The molecule has 8 aromatic carbocycles. The van der Waals surface area contributed by atoms with Crippen LogP contribution in [0.5, 0.6) is 0 Å². The molecule has 254 valence electrons. The van der Waals surface area contributed by atoms with Crippen molar-refractivity contribution in [1.82, 2.24) is 4.98 Å². The summed E-state index contributed by atoms with van der Waals surface area (Å²) in [6.45, 7) is 0. The van der Waals surface area contributed by atoms with Gasteiger partial charge in [-0.1, -0.05) is 115 Å². The third kappa shape index (κ3) is 4.94. The maximum absolute atomic E-state index is 6.61. The number of hydrogen-bond acceptors (Lipinski definition) is 5. The highest BCUT2D eigenvalue weighted by Crippen LogP contribution is 2.46. The monoisotopic (exact) mass is 710 g/mol. The molecule has 0 bridgehead atoms. The number of thiophene rings is 1. The summed E-state index contributed by atoms with van der Waals surface area (Å²) in [5.41, 5.74) is 11.7. The van der Waals surface area contributed by atoms with Gasteiger partial charge in [0.1, 0.15) is 16.7 Å². The van der Waals surface area contributed by atoms with E-state index in [0.717, 1.165) is 66.8 Å². The first kappa shape index (κ1) is 30.7. The highest BCUT2D eigenvalue weighted by Gasteiger charge is 2.22. The first-order valence-corrected chi connectivity index (χ1v) is 18.8. The molecule has 11 aromatic rings. The van der Waals surface area contributed by atoms with Crippen molar-refractivity contribution in [2.45, 2.75) is 0 Å². The summed E-state index contributed by atoms with van der Waals surface area (Å²) in [6, 6.07) is 63.8. The molecule has 5 heteroatoms. The molecule has 3 heterocycles. The normalized spacial score (nSPS) is 11.7. The van der Waals surface area contributed by atoms with Gasteiger partial charge in [-0.15, -0.1) is 11.3 Å². The van der Waals surface area contributed by atoms with Crippen molar-refractivity contribution >= 4 is 81.6 Å². The molecule has 4 nitrogen and oxygen atoms in total. The number of aromatic nitrogens is 1. The van der Waals surface area contributed by atoms with Crippen LogP contribution in [0.4, 0.5) is 17.1 Å². The van der Waals surface area contributed by atoms with Gasteiger partial charge in [0.15, 0.2) is 5.58 Å². The van der Waals surface area contributed by atoms with Crippen LogP contribution in [0.25, 0.3) is 86.9 Å². The summed E-state index contributed by atoms with van der Waals surface area (Å²) < 4.78 is 15.6. The van der Waals surface area contributed by atoms with Gasteiger partial charge in [0, 0.05) is 48.1 Å². The lowest BCUT2D eigenvalue weighted by molar-refractivity contribution is 0.619. The predicted octanol–water partition coefficient (Wildman–Crippen LogP) is 14.6. The van der Waals surface area contributed by atoms with E-state index in [2.05, 4.69) is 138 Å². The summed E-state index contributed by atoms with van der Waals surface area (Å²) in [6.07, 6.45) is 0. The van der Waals surface area contributed by atoms with Crippen molar-refractivity contribution in [3.63, 3.8) is 0 Å². The second-order valence-electron chi connectivity index (χ2n) is 13.5. The SMILES string of the molecule is c1ccc(-c2ccc(N(c3ccc(-c4cc5oc(-c6ccccc6)nc5c5c4oc4ccccc45)cc3)c3cccc4sc5ccccc5c34)cc2)cc1. The van der Waals surface area contributed by atoms with Gasteiger partial charge in [-0.3, -0.25) is 0 Å². The van der Waals surface area contributed by atoms with Crippen LogP contribution in [0.1, 0.15) is 0 Å². The van der Waals surface area contributed by atoms with Gasteiger partial charge >= 0.3 is 0 Å². The van der Waals surface area contributed by atoms with E-state index in [9.17, 15) is 0 Å². The number of benzene rings is 8. The Bertz CT molecular complexity index is 3140. The Kier molecular flexibility index (Phi) is 7.00. The fourth-order valence-corrected chi connectivity index (χ4v) is 8.91. The van der Waals surface area contributed by atoms with E-state index in [1.54, 1.807) is 0 Å². The fourth-order valence-electron chi connectivity index (χ4n) is 7.79. The quantitative estimate of drug-likeness (QED) is 0.172. The zero-order valence-corrected chi connectivity index (χ0v) is 29.8. The Morgan fingerprint density at radius 3 is 1.81 bits per heavy atom. The molecule has 0 atom stereocenters. The molecule has 3 aromatic heterocycles. The number of anilines is 3. The number of rotatable bonds is 6. The first-order valence-electron chi connectivity index (χ1n) is 18.0. The maximum atomic E-state index is 6.61. The second-order valence-corrected chi connectivity index (χ2v) is 14.6. The smallest absolute Gasteiger partial charge is 0.227 e. The van der Waals surface area contributed by atoms with Crippen molar-refractivity contribution in [2.24, 2.45) is 0 Å². The van der Waals surface area contributed by atoms with E-state index in [4.69, 9.17) is 13.8 Å². The number of para-hydroxylation sites is 1. The van der Waals surface area contributed by atoms with Gasteiger partial charge in [-0.25, -0.2) is 4.98 Å². The molecule has 0 amide bonds. The molecule has 0 fully saturated rings. The van der Waals surface area contributed by atoms with Gasteiger partial charge < -0.3 is 13.7 Å². The molecule has 0 unspecified atom stereocenters. The van der Waals surface area contributed by atoms with E-state index in [-0.39, 0.29) is 0 Å². The second kappa shape index (κ2) is 12.3. The van der Waals surface area contributed by atoms with Crippen molar-refractivity contribution in [3.8, 4) is 33.7 Å². The summed E-state index contributed by atoms with van der Waals surface area (Å²) in [5, 5.41) is 4.50. The topological polar surface area (TPSA) is 42.4 Å². The van der Waals surface area contributed by atoms with Gasteiger partial charge in [-0.05, 0) is 83.4 Å². The van der Waals surface area contributed by atoms with Gasteiger partial charge in [0.2, 0.25) is 5.89 Å². The van der Waals surface area contributed by atoms with Gasteiger partial charge in [-0.2, -0.15) is 0 Å². The van der Waals surface area contributed by atoms with Crippen LogP contribution in [0, 0.1) is 0 Å². The lowest BCUT2D eigenvalue weighted by Crippen LogP contribution is -2.10. The minimum Gasteiger partial charge on any atom is -0.455 e.